The van der Waals surface area contributed by atoms with Crippen molar-refractivity contribution in [3.63, 3.8) is 0 Å². The third-order valence-electron chi connectivity index (χ3n) is 1.89. The molecule has 0 aliphatic rings. The first-order chi connectivity index (χ1) is 7.18. The molecule has 15 heavy (non-hydrogen) atoms. The van der Waals surface area contributed by atoms with Gasteiger partial charge in [0.05, 0.1) is 17.4 Å². The van der Waals surface area contributed by atoms with Crippen molar-refractivity contribution in [1.29, 1.82) is 0 Å². The molecule has 0 saturated carbocycles. The van der Waals surface area contributed by atoms with Gasteiger partial charge in [0.2, 0.25) is 0 Å². The van der Waals surface area contributed by atoms with Crippen LogP contribution < -0.4 is 0 Å². The van der Waals surface area contributed by atoms with Crippen molar-refractivity contribution in [3.05, 3.63) is 41.4 Å². The van der Waals surface area contributed by atoms with Gasteiger partial charge in [-0.3, -0.25) is 0 Å². The van der Waals surface area contributed by atoms with Gasteiger partial charge < -0.3 is 9.52 Å². The number of carboxylic acids is 1. The Bertz CT molecular complexity index is 493. The molecule has 76 valence electrons. The predicted octanol–water partition coefficient (Wildman–Crippen LogP) is 2.69. The van der Waals surface area contributed by atoms with E-state index in [4.69, 9.17) is 21.1 Å². The fourth-order valence-corrected chi connectivity index (χ4v) is 1.39. The van der Waals surface area contributed by atoms with Crippen molar-refractivity contribution in [2.45, 2.75) is 0 Å². The van der Waals surface area contributed by atoms with Crippen LogP contribution in [0.1, 0.15) is 10.4 Å². The zero-order valence-corrected chi connectivity index (χ0v) is 8.23. The van der Waals surface area contributed by atoms with Gasteiger partial charge in [-0.15, -0.1) is 0 Å². The van der Waals surface area contributed by atoms with Crippen LogP contribution in [0.15, 0.2) is 35.1 Å². The van der Waals surface area contributed by atoms with Gasteiger partial charge in [0.1, 0.15) is 10.9 Å². The second kappa shape index (κ2) is 3.74. The summed E-state index contributed by atoms with van der Waals surface area (Å²) >= 11 is 5.62. The molecule has 2 heterocycles. The Kier molecular flexibility index (Phi) is 2.43. The standard InChI is InChI=1S/C10H6ClNO3/c11-9-4-6(10(13)14)7(5-12-9)8-2-1-3-15-8/h1-5H,(H,13,14). The quantitative estimate of drug-likeness (QED) is 0.795. The lowest BCUT2D eigenvalue weighted by atomic mass is 10.1. The number of furan rings is 1. The molecule has 1 N–H and O–H groups in total. The van der Waals surface area contributed by atoms with Gasteiger partial charge >= 0.3 is 5.97 Å². The van der Waals surface area contributed by atoms with Gasteiger partial charge in [0.15, 0.2) is 0 Å². The van der Waals surface area contributed by atoms with Crippen LogP contribution in [0.25, 0.3) is 11.3 Å². The molecule has 0 atom stereocenters. The van der Waals surface area contributed by atoms with Crippen LogP contribution in [0.4, 0.5) is 0 Å². The number of pyridine rings is 1. The lowest BCUT2D eigenvalue weighted by Gasteiger charge is -2.02. The van der Waals surface area contributed by atoms with E-state index in [1.165, 1.54) is 18.5 Å². The lowest BCUT2D eigenvalue weighted by Crippen LogP contribution is -2.00. The molecule has 0 spiro atoms. The van der Waals surface area contributed by atoms with E-state index in [1.807, 2.05) is 0 Å². The number of aromatic carboxylic acids is 1. The number of carboxylic acid groups (broad SMARTS) is 1. The van der Waals surface area contributed by atoms with E-state index in [9.17, 15) is 4.79 Å². The summed E-state index contributed by atoms with van der Waals surface area (Å²) in [6.45, 7) is 0. The molecule has 0 saturated heterocycles. The highest BCUT2D eigenvalue weighted by atomic mass is 35.5. The van der Waals surface area contributed by atoms with Crippen LogP contribution in [0.3, 0.4) is 0 Å². The molecule has 0 bridgehead atoms. The summed E-state index contributed by atoms with van der Waals surface area (Å²) < 4.78 is 5.10. The fourth-order valence-electron chi connectivity index (χ4n) is 1.23. The average molecular weight is 224 g/mol. The number of carbonyl (C=O) groups is 1. The molecular formula is C10H6ClNO3. The smallest absolute Gasteiger partial charge is 0.336 e. The summed E-state index contributed by atoms with van der Waals surface area (Å²) in [7, 11) is 0. The van der Waals surface area contributed by atoms with Crippen LogP contribution in [0.5, 0.6) is 0 Å². The minimum atomic E-state index is -1.06. The van der Waals surface area contributed by atoms with E-state index in [2.05, 4.69) is 4.98 Å². The maximum Gasteiger partial charge on any atom is 0.336 e. The number of hydrogen-bond donors (Lipinski definition) is 1. The molecule has 0 fully saturated rings. The predicted molar refractivity (Wildman–Crippen MR) is 53.9 cm³/mol. The zero-order valence-electron chi connectivity index (χ0n) is 7.48. The Morgan fingerprint density at radius 3 is 2.93 bits per heavy atom. The van der Waals surface area contributed by atoms with E-state index in [1.54, 1.807) is 12.1 Å². The Morgan fingerprint density at radius 2 is 2.33 bits per heavy atom. The van der Waals surface area contributed by atoms with Gasteiger partial charge in [-0.25, -0.2) is 9.78 Å². The zero-order chi connectivity index (χ0) is 10.8. The summed E-state index contributed by atoms with van der Waals surface area (Å²) in [5.41, 5.74) is 0.488. The lowest BCUT2D eigenvalue weighted by molar-refractivity contribution is 0.0697. The van der Waals surface area contributed by atoms with Crippen LogP contribution in [0.2, 0.25) is 5.15 Å². The summed E-state index contributed by atoms with van der Waals surface area (Å²) in [4.78, 5) is 14.8. The van der Waals surface area contributed by atoms with Gasteiger partial charge in [-0.05, 0) is 18.2 Å². The Labute approximate surface area is 90.1 Å². The summed E-state index contributed by atoms with van der Waals surface area (Å²) in [5, 5.41) is 9.10. The monoisotopic (exact) mass is 223 g/mol. The van der Waals surface area contributed by atoms with E-state index in [-0.39, 0.29) is 10.7 Å². The molecule has 0 aliphatic heterocycles. The van der Waals surface area contributed by atoms with Crippen LogP contribution in [0, 0.1) is 0 Å². The number of aromatic nitrogens is 1. The molecule has 2 aromatic rings. The highest BCUT2D eigenvalue weighted by Crippen LogP contribution is 2.25. The largest absolute Gasteiger partial charge is 0.478 e. The third-order valence-corrected chi connectivity index (χ3v) is 2.09. The van der Waals surface area contributed by atoms with Crippen molar-refractivity contribution in [3.8, 4) is 11.3 Å². The molecule has 4 nitrogen and oxygen atoms in total. The van der Waals surface area contributed by atoms with E-state index in [0.29, 0.717) is 11.3 Å². The average Bonchev–Trinajstić information content (AvgIpc) is 2.70. The number of rotatable bonds is 2. The number of halogens is 1. The maximum atomic E-state index is 10.9. The van der Waals surface area contributed by atoms with Gasteiger partial charge in [-0.2, -0.15) is 0 Å². The Balaban J connectivity index is 2.61. The second-order valence-electron chi connectivity index (χ2n) is 2.84. The first-order valence-corrected chi connectivity index (χ1v) is 4.49. The van der Waals surface area contributed by atoms with Gasteiger partial charge in [-0.1, -0.05) is 11.6 Å². The Hall–Kier alpha value is -1.81. The SMILES string of the molecule is O=C(O)c1cc(Cl)ncc1-c1ccco1. The summed E-state index contributed by atoms with van der Waals surface area (Å²) in [5.74, 6) is -0.609. The number of hydrogen-bond acceptors (Lipinski definition) is 3. The highest BCUT2D eigenvalue weighted by Gasteiger charge is 2.14. The molecule has 0 amide bonds. The topological polar surface area (TPSA) is 63.3 Å². The van der Waals surface area contributed by atoms with E-state index < -0.39 is 5.97 Å². The molecule has 0 aliphatic carbocycles. The van der Waals surface area contributed by atoms with Crippen LogP contribution in [-0.2, 0) is 0 Å². The summed E-state index contributed by atoms with van der Waals surface area (Å²) in [6.07, 6.45) is 2.85. The first kappa shape index (κ1) is 9.73. The summed E-state index contributed by atoms with van der Waals surface area (Å²) in [6, 6.07) is 4.63. The van der Waals surface area contributed by atoms with Crippen LogP contribution >= 0.6 is 11.6 Å². The van der Waals surface area contributed by atoms with E-state index in [0.717, 1.165) is 0 Å². The normalized spacial score (nSPS) is 10.2. The van der Waals surface area contributed by atoms with Crippen molar-refractivity contribution in [2.75, 3.05) is 0 Å². The minimum Gasteiger partial charge on any atom is -0.478 e. The van der Waals surface area contributed by atoms with Crippen LogP contribution in [-0.4, -0.2) is 16.1 Å². The van der Waals surface area contributed by atoms with Crippen molar-refractivity contribution in [2.24, 2.45) is 0 Å². The molecule has 0 unspecified atom stereocenters. The number of nitrogens with zero attached hydrogens (tertiary/aromatic N) is 1. The van der Waals surface area contributed by atoms with Crippen molar-refractivity contribution < 1.29 is 14.3 Å². The van der Waals surface area contributed by atoms with Gasteiger partial charge in [0.25, 0.3) is 0 Å². The van der Waals surface area contributed by atoms with Crippen molar-refractivity contribution in [1.82, 2.24) is 4.98 Å². The Morgan fingerprint density at radius 1 is 1.53 bits per heavy atom. The molecule has 0 radical (unpaired) electrons. The molecule has 0 aromatic carbocycles. The third kappa shape index (κ3) is 1.85. The first-order valence-electron chi connectivity index (χ1n) is 4.11. The van der Waals surface area contributed by atoms with E-state index >= 15 is 0 Å². The highest BCUT2D eigenvalue weighted by molar-refractivity contribution is 6.29. The molecule has 2 aromatic heterocycles. The fraction of sp³-hybridized carbons (Fsp3) is 0. The molecule has 2 rings (SSSR count). The van der Waals surface area contributed by atoms with Gasteiger partial charge in [0, 0.05) is 6.20 Å². The molecule has 5 heteroatoms. The van der Waals surface area contributed by atoms with Crippen molar-refractivity contribution >= 4 is 17.6 Å². The second-order valence-corrected chi connectivity index (χ2v) is 3.22. The molecular weight excluding hydrogens is 218 g/mol. The maximum absolute atomic E-state index is 10.9. The minimum absolute atomic E-state index is 0.0740.